The van der Waals surface area contributed by atoms with Crippen LogP contribution in [0.15, 0.2) is 16.6 Å². The molecule has 0 aliphatic rings. The van der Waals surface area contributed by atoms with Crippen LogP contribution in [0.5, 0.6) is 11.5 Å². The van der Waals surface area contributed by atoms with E-state index in [1.165, 1.54) is 0 Å². The van der Waals surface area contributed by atoms with Crippen molar-refractivity contribution in [3.63, 3.8) is 0 Å². The fourth-order valence-corrected chi connectivity index (χ4v) is 2.36. The van der Waals surface area contributed by atoms with Crippen molar-refractivity contribution in [3.05, 3.63) is 22.2 Å². The molecule has 1 rings (SSSR count). The lowest BCUT2D eigenvalue weighted by Gasteiger charge is -2.19. The summed E-state index contributed by atoms with van der Waals surface area (Å²) in [7, 11) is 3.31. The largest absolute Gasteiger partial charge is 0.493 e. The Morgan fingerprint density at radius 2 is 1.90 bits per heavy atom. The van der Waals surface area contributed by atoms with E-state index in [9.17, 15) is 0 Å². The maximum Gasteiger partial charge on any atom is 0.175 e. The predicted octanol–water partition coefficient (Wildman–Crippen LogP) is 3.37. The van der Waals surface area contributed by atoms with Crippen LogP contribution in [-0.4, -0.2) is 33.0 Å². The molecule has 0 saturated heterocycles. The molecule has 0 fully saturated rings. The lowest BCUT2D eigenvalue weighted by atomic mass is 10.2. The molecule has 1 aromatic carbocycles. The van der Waals surface area contributed by atoms with Crippen LogP contribution < -0.4 is 14.8 Å². The number of hydrogen-bond acceptors (Lipinski definition) is 4. The van der Waals surface area contributed by atoms with Gasteiger partial charge in [-0.3, -0.25) is 0 Å². The third kappa shape index (κ3) is 5.31. The minimum atomic E-state index is -0.0372. The van der Waals surface area contributed by atoms with E-state index in [0.717, 1.165) is 22.3 Å². The molecule has 0 amide bonds. The van der Waals surface area contributed by atoms with Crippen LogP contribution in [0.1, 0.15) is 26.3 Å². The molecule has 1 N–H and O–H groups in total. The second-order valence-corrected chi connectivity index (χ2v) is 5.88. The fraction of sp³-hybridized carbons (Fsp3) is 0.600. The zero-order valence-corrected chi connectivity index (χ0v) is 14.4. The first-order valence-electron chi connectivity index (χ1n) is 6.73. The molecule has 4 nitrogen and oxygen atoms in total. The second-order valence-electron chi connectivity index (χ2n) is 5.03. The Hall–Kier alpha value is -0.780. The van der Waals surface area contributed by atoms with E-state index in [4.69, 9.17) is 14.2 Å². The summed E-state index contributed by atoms with van der Waals surface area (Å²) in [5.74, 6) is 1.44. The normalized spacial score (nSPS) is 12.6. The maximum atomic E-state index is 5.87. The zero-order chi connectivity index (χ0) is 15.1. The molecule has 1 aromatic rings. The van der Waals surface area contributed by atoms with Gasteiger partial charge in [0.25, 0.3) is 0 Å². The summed E-state index contributed by atoms with van der Waals surface area (Å²) in [6.45, 7) is 7.53. The molecule has 0 radical (unpaired) electrons. The fourth-order valence-electron chi connectivity index (χ4n) is 1.78. The van der Waals surface area contributed by atoms with Gasteiger partial charge in [-0.25, -0.2) is 0 Å². The Morgan fingerprint density at radius 1 is 1.20 bits per heavy atom. The van der Waals surface area contributed by atoms with E-state index in [2.05, 4.69) is 35.1 Å². The van der Waals surface area contributed by atoms with Gasteiger partial charge in [0, 0.05) is 19.7 Å². The highest BCUT2D eigenvalue weighted by molar-refractivity contribution is 9.10. The molecule has 114 valence electrons. The van der Waals surface area contributed by atoms with E-state index in [1.54, 1.807) is 14.2 Å². The van der Waals surface area contributed by atoms with Crippen LogP contribution in [0.4, 0.5) is 0 Å². The molecule has 1 atom stereocenters. The van der Waals surface area contributed by atoms with Crippen molar-refractivity contribution in [1.82, 2.24) is 5.32 Å². The summed E-state index contributed by atoms with van der Waals surface area (Å²) < 4.78 is 17.3. The van der Waals surface area contributed by atoms with Gasteiger partial charge in [0.1, 0.15) is 6.10 Å². The number of ether oxygens (including phenoxy) is 3. The second kappa shape index (κ2) is 8.49. The Bertz CT molecular complexity index is 424. The molecular weight excluding hydrogens is 322 g/mol. The molecule has 0 saturated carbocycles. The van der Waals surface area contributed by atoms with Gasteiger partial charge in [-0.15, -0.1) is 0 Å². The van der Waals surface area contributed by atoms with Crippen molar-refractivity contribution < 1.29 is 14.2 Å². The highest BCUT2D eigenvalue weighted by Crippen LogP contribution is 2.37. The summed E-state index contributed by atoms with van der Waals surface area (Å²) in [5, 5.41) is 3.38. The minimum absolute atomic E-state index is 0.0372. The van der Waals surface area contributed by atoms with Gasteiger partial charge in [-0.2, -0.15) is 0 Å². The zero-order valence-electron chi connectivity index (χ0n) is 12.8. The van der Waals surface area contributed by atoms with Crippen LogP contribution in [0.25, 0.3) is 0 Å². The lowest BCUT2D eigenvalue weighted by molar-refractivity contribution is 0.0894. The van der Waals surface area contributed by atoms with Crippen molar-refractivity contribution in [2.75, 3.05) is 20.8 Å². The molecule has 0 bridgehead atoms. The first-order chi connectivity index (χ1) is 9.47. The third-order valence-corrected chi connectivity index (χ3v) is 3.31. The molecule has 0 spiro atoms. The third-order valence-electron chi connectivity index (χ3n) is 2.72. The SMILES string of the molecule is COCC(C)Oc1c(Br)cc(CNC(C)C)cc1OC. The van der Waals surface area contributed by atoms with Crippen molar-refractivity contribution in [1.29, 1.82) is 0 Å². The number of halogens is 1. The lowest BCUT2D eigenvalue weighted by Crippen LogP contribution is -2.22. The van der Waals surface area contributed by atoms with Gasteiger partial charge in [-0.1, -0.05) is 13.8 Å². The number of hydrogen-bond donors (Lipinski definition) is 1. The highest BCUT2D eigenvalue weighted by Gasteiger charge is 2.14. The monoisotopic (exact) mass is 345 g/mol. The number of methoxy groups -OCH3 is 2. The van der Waals surface area contributed by atoms with Crippen LogP contribution in [-0.2, 0) is 11.3 Å². The Kier molecular flexibility index (Phi) is 7.34. The van der Waals surface area contributed by atoms with Gasteiger partial charge in [0.05, 0.1) is 18.2 Å². The van der Waals surface area contributed by atoms with Crippen molar-refractivity contribution in [2.45, 2.75) is 39.5 Å². The predicted molar refractivity (Wildman–Crippen MR) is 84.6 cm³/mol. The average Bonchev–Trinajstić information content (AvgIpc) is 2.39. The van der Waals surface area contributed by atoms with Crippen LogP contribution in [0.2, 0.25) is 0 Å². The minimum Gasteiger partial charge on any atom is -0.493 e. The summed E-state index contributed by atoms with van der Waals surface area (Å²) in [6.07, 6.45) is -0.0372. The smallest absolute Gasteiger partial charge is 0.175 e. The van der Waals surface area contributed by atoms with Crippen molar-refractivity contribution >= 4 is 15.9 Å². The number of nitrogens with one attached hydrogen (secondary N) is 1. The Labute approximate surface area is 129 Å². The Morgan fingerprint density at radius 3 is 2.45 bits per heavy atom. The summed E-state index contributed by atoms with van der Waals surface area (Å²) in [5.41, 5.74) is 1.15. The van der Waals surface area contributed by atoms with Gasteiger partial charge < -0.3 is 19.5 Å². The quantitative estimate of drug-likeness (QED) is 0.784. The van der Waals surface area contributed by atoms with Gasteiger partial charge in [0.2, 0.25) is 0 Å². The number of rotatable bonds is 8. The molecule has 0 aliphatic heterocycles. The van der Waals surface area contributed by atoms with Crippen LogP contribution in [0, 0.1) is 0 Å². The molecule has 1 unspecified atom stereocenters. The van der Waals surface area contributed by atoms with Gasteiger partial charge >= 0.3 is 0 Å². The maximum absolute atomic E-state index is 5.87. The molecule has 0 heterocycles. The van der Waals surface area contributed by atoms with E-state index >= 15 is 0 Å². The first kappa shape index (κ1) is 17.3. The van der Waals surface area contributed by atoms with Crippen molar-refractivity contribution in [3.8, 4) is 11.5 Å². The van der Waals surface area contributed by atoms with Crippen LogP contribution in [0.3, 0.4) is 0 Å². The van der Waals surface area contributed by atoms with Crippen molar-refractivity contribution in [2.24, 2.45) is 0 Å². The van der Waals surface area contributed by atoms with E-state index < -0.39 is 0 Å². The molecule has 0 aliphatic carbocycles. The highest BCUT2D eigenvalue weighted by atomic mass is 79.9. The van der Waals surface area contributed by atoms with E-state index in [-0.39, 0.29) is 6.10 Å². The van der Waals surface area contributed by atoms with E-state index in [0.29, 0.717) is 18.4 Å². The van der Waals surface area contributed by atoms with Gasteiger partial charge in [-0.05, 0) is 40.5 Å². The average molecular weight is 346 g/mol. The van der Waals surface area contributed by atoms with E-state index in [1.807, 2.05) is 19.1 Å². The summed E-state index contributed by atoms with van der Waals surface area (Å²) in [6, 6.07) is 4.49. The number of benzene rings is 1. The summed E-state index contributed by atoms with van der Waals surface area (Å²) >= 11 is 3.55. The first-order valence-corrected chi connectivity index (χ1v) is 7.52. The summed E-state index contributed by atoms with van der Waals surface area (Å²) in [4.78, 5) is 0. The van der Waals surface area contributed by atoms with Gasteiger partial charge in [0.15, 0.2) is 11.5 Å². The molecule has 5 heteroatoms. The molecular formula is C15H24BrNO3. The molecule has 20 heavy (non-hydrogen) atoms. The standard InChI is InChI=1S/C15H24BrNO3/c1-10(2)17-8-12-6-13(16)15(14(7-12)19-5)20-11(3)9-18-4/h6-7,10-11,17H,8-9H2,1-5H3. The topological polar surface area (TPSA) is 39.7 Å². The molecule has 0 aromatic heterocycles. The Balaban J connectivity index is 2.90. The van der Waals surface area contributed by atoms with Crippen LogP contribution >= 0.6 is 15.9 Å².